The number of nitrogens with one attached hydrogen (secondary N) is 1. The second-order valence-corrected chi connectivity index (χ2v) is 7.99. The predicted molar refractivity (Wildman–Crippen MR) is 105 cm³/mol. The molecule has 1 aromatic carbocycles. The summed E-state index contributed by atoms with van der Waals surface area (Å²) < 4.78 is 0. The highest BCUT2D eigenvalue weighted by Crippen LogP contribution is 2.49. The third-order valence-electron chi connectivity index (χ3n) is 5.93. The molecular formula is C19H26Cl2N2O3. The van der Waals surface area contributed by atoms with E-state index >= 15 is 0 Å². The average Bonchev–Trinajstić information content (AvgIpc) is 3.07. The highest BCUT2D eigenvalue weighted by atomic mass is 35.5. The van der Waals surface area contributed by atoms with E-state index in [2.05, 4.69) is 5.32 Å². The molecule has 144 valence electrons. The zero-order valence-electron chi connectivity index (χ0n) is 15.3. The summed E-state index contributed by atoms with van der Waals surface area (Å²) in [7, 11) is 0. The van der Waals surface area contributed by atoms with E-state index in [4.69, 9.17) is 11.6 Å². The summed E-state index contributed by atoms with van der Waals surface area (Å²) in [6, 6.07) is 3.42. The summed E-state index contributed by atoms with van der Waals surface area (Å²) >= 11 is 6.28. The average molecular weight is 401 g/mol. The van der Waals surface area contributed by atoms with E-state index in [-0.39, 0.29) is 24.2 Å². The van der Waals surface area contributed by atoms with Crippen LogP contribution in [0.1, 0.15) is 37.3 Å². The third-order valence-corrected chi connectivity index (χ3v) is 6.23. The first-order chi connectivity index (χ1) is 11.7. The number of carbonyl (C=O) groups excluding carboxylic acids is 1. The van der Waals surface area contributed by atoms with Crippen molar-refractivity contribution in [2.75, 3.05) is 18.4 Å². The molecule has 1 heterocycles. The number of benzene rings is 1. The number of aliphatic carboxylic acids is 1. The molecule has 1 saturated heterocycles. The summed E-state index contributed by atoms with van der Waals surface area (Å²) in [6.07, 6.45) is 2.60. The number of rotatable bonds is 4. The van der Waals surface area contributed by atoms with Crippen LogP contribution in [0.2, 0.25) is 5.02 Å². The molecule has 2 N–H and O–H groups in total. The van der Waals surface area contributed by atoms with Gasteiger partial charge in [0.2, 0.25) is 5.91 Å². The van der Waals surface area contributed by atoms with Crippen LogP contribution in [0, 0.1) is 25.2 Å². The van der Waals surface area contributed by atoms with E-state index in [1.807, 2.05) is 37.8 Å². The Bertz CT molecular complexity index is 702. The van der Waals surface area contributed by atoms with Crippen molar-refractivity contribution in [1.82, 2.24) is 4.90 Å². The summed E-state index contributed by atoms with van der Waals surface area (Å²) in [6.45, 7) is 6.83. The largest absolute Gasteiger partial charge is 0.481 e. The molecule has 5 nitrogen and oxygen atoms in total. The third kappa shape index (κ3) is 3.57. The number of carboxylic acids is 1. The van der Waals surface area contributed by atoms with Crippen LogP contribution in [0.5, 0.6) is 0 Å². The topological polar surface area (TPSA) is 69.6 Å². The predicted octanol–water partition coefficient (Wildman–Crippen LogP) is 3.89. The van der Waals surface area contributed by atoms with Gasteiger partial charge in [0.25, 0.3) is 0 Å². The molecule has 1 amide bonds. The smallest absolute Gasteiger partial charge is 0.311 e. The lowest BCUT2D eigenvalue weighted by molar-refractivity contribution is -0.149. The molecule has 26 heavy (non-hydrogen) atoms. The molecule has 0 aromatic heterocycles. The normalized spacial score (nSPS) is 26.1. The highest BCUT2D eigenvalue weighted by molar-refractivity contribution is 6.34. The maximum atomic E-state index is 12.7. The molecule has 1 saturated carbocycles. The molecule has 0 bridgehead atoms. The van der Waals surface area contributed by atoms with E-state index in [9.17, 15) is 14.7 Å². The van der Waals surface area contributed by atoms with Gasteiger partial charge < -0.3 is 10.4 Å². The number of amides is 1. The lowest BCUT2D eigenvalue weighted by atomic mass is 9.81. The van der Waals surface area contributed by atoms with Gasteiger partial charge in [0.05, 0.1) is 22.2 Å². The van der Waals surface area contributed by atoms with E-state index in [1.165, 1.54) is 0 Å². The molecule has 1 aliphatic carbocycles. The van der Waals surface area contributed by atoms with Crippen molar-refractivity contribution in [1.29, 1.82) is 0 Å². The fourth-order valence-electron chi connectivity index (χ4n) is 4.44. The standard InChI is InChI=1S/C19H25ClN2O3.ClH/c1-11-7-12(2)16(15(20)8-11)21-17(23)13(3)22-9-14-5-4-6-19(14,10-22)18(24)25;/h7-8,13-14H,4-6,9-10H2,1-3H3,(H,21,23)(H,24,25);1H/t13?,14-,19+;/m0./s1. The van der Waals surface area contributed by atoms with Gasteiger partial charge >= 0.3 is 5.97 Å². The maximum Gasteiger partial charge on any atom is 0.311 e. The van der Waals surface area contributed by atoms with E-state index in [0.717, 1.165) is 24.0 Å². The fourth-order valence-corrected chi connectivity index (χ4v) is 4.81. The van der Waals surface area contributed by atoms with E-state index in [0.29, 0.717) is 30.2 Å². The number of hydrogen-bond donors (Lipinski definition) is 2. The molecule has 1 unspecified atom stereocenters. The van der Waals surface area contributed by atoms with E-state index in [1.54, 1.807) is 0 Å². The SMILES string of the molecule is Cc1cc(C)c(NC(=O)C(C)N2C[C@@H]3CCC[C@@]3(C(=O)O)C2)c(Cl)c1.Cl. The van der Waals surface area contributed by atoms with Crippen molar-refractivity contribution in [3.8, 4) is 0 Å². The lowest BCUT2D eigenvalue weighted by Crippen LogP contribution is -2.43. The maximum absolute atomic E-state index is 12.7. The first-order valence-electron chi connectivity index (χ1n) is 8.79. The number of halogens is 2. The summed E-state index contributed by atoms with van der Waals surface area (Å²) in [5, 5.41) is 13.2. The first-order valence-corrected chi connectivity index (χ1v) is 9.17. The van der Waals surface area contributed by atoms with E-state index < -0.39 is 17.4 Å². The van der Waals surface area contributed by atoms with Gasteiger partial charge in [-0.15, -0.1) is 12.4 Å². The Hall–Kier alpha value is -1.30. The van der Waals surface area contributed by atoms with Crippen LogP contribution in [-0.2, 0) is 9.59 Å². The number of carbonyl (C=O) groups is 2. The minimum atomic E-state index is -0.720. The van der Waals surface area contributed by atoms with Crippen LogP contribution < -0.4 is 5.32 Å². The van der Waals surface area contributed by atoms with Gasteiger partial charge in [0.15, 0.2) is 0 Å². The number of hydrogen-bond acceptors (Lipinski definition) is 3. The van der Waals surface area contributed by atoms with Crippen molar-refractivity contribution >= 4 is 41.6 Å². The number of anilines is 1. The molecule has 1 aliphatic heterocycles. The highest BCUT2D eigenvalue weighted by Gasteiger charge is 2.55. The molecule has 3 rings (SSSR count). The van der Waals surface area contributed by atoms with Crippen LogP contribution in [0.4, 0.5) is 5.69 Å². The van der Waals surface area contributed by atoms with Gasteiger partial charge in [-0.05, 0) is 56.7 Å². The Morgan fingerprint density at radius 2 is 2.08 bits per heavy atom. The Balaban J connectivity index is 0.00000243. The van der Waals surface area contributed by atoms with Crippen molar-refractivity contribution in [2.24, 2.45) is 11.3 Å². The number of likely N-dealkylation sites (tertiary alicyclic amines) is 1. The molecule has 2 aliphatic rings. The number of fused-ring (bicyclic) bond motifs is 1. The van der Waals surface area contributed by atoms with Gasteiger partial charge in [0, 0.05) is 13.1 Å². The summed E-state index contributed by atoms with van der Waals surface area (Å²) in [5.41, 5.74) is 1.93. The Morgan fingerprint density at radius 1 is 1.38 bits per heavy atom. The van der Waals surface area contributed by atoms with Gasteiger partial charge in [-0.25, -0.2) is 0 Å². The van der Waals surface area contributed by atoms with Crippen molar-refractivity contribution < 1.29 is 14.7 Å². The number of nitrogens with zero attached hydrogens (tertiary/aromatic N) is 1. The molecular weight excluding hydrogens is 375 g/mol. The Morgan fingerprint density at radius 3 is 2.65 bits per heavy atom. The van der Waals surface area contributed by atoms with Gasteiger partial charge in [0.1, 0.15) is 0 Å². The molecule has 1 aromatic rings. The monoisotopic (exact) mass is 400 g/mol. The number of aryl methyl sites for hydroxylation is 2. The minimum absolute atomic E-state index is 0. The van der Waals surface area contributed by atoms with Crippen LogP contribution in [0.3, 0.4) is 0 Å². The molecule has 2 fully saturated rings. The Labute approximate surface area is 165 Å². The first kappa shape index (κ1) is 21.0. The van der Waals surface area contributed by atoms with Crippen LogP contribution in [0.25, 0.3) is 0 Å². The second-order valence-electron chi connectivity index (χ2n) is 7.58. The number of carboxylic acid groups (broad SMARTS) is 1. The fraction of sp³-hybridized carbons (Fsp3) is 0.579. The molecule has 7 heteroatoms. The van der Waals surface area contributed by atoms with Crippen molar-refractivity contribution in [3.05, 3.63) is 28.3 Å². The second kappa shape index (κ2) is 7.75. The Kier molecular flexibility index (Phi) is 6.26. The van der Waals surface area contributed by atoms with Crippen LogP contribution in [-0.4, -0.2) is 41.0 Å². The van der Waals surface area contributed by atoms with Crippen LogP contribution in [0.15, 0.2) is 12.1 Å². The molecule has 0 radical (unpaired) electrons. The minimum Gasteiger partial charge on any atom is -0.481 e. The quantitative estimate of drug-likeness (QED) is 0.803. The zero-order chi connectivity index (χ0) is 18.4. The van der Waals surface area contributed by atoms with Crippen LogP contribution >= 0.6 is 24.0 Å². The zero-order valence-corrected chi connectivity index (χ0v) is 16.9. The molecule has 0 spiro atoms. The van der Waals surface area contributed by atoms with Crippen molar-refractivity contribution in [3.63, 3.8) is 0 Å². The van der Waals surface area contributed by atoms with Gasteiger partial charge in [-0.1, -0.05) is 24.1 Å². The summed E-state index contributed by atoms with van der Waals surface area (Å²) in [4.78, 5) is 26.5. The van der Waals surface area contributed by atoms with Crippen molar-refractivity contribution in [2.45, 2.75) is 46.1 Å². The lowest BCUT2D eigenvalue weighted by Gasteiger charge is -2.27. The van der Waals surface area contributed by atoms with Gasteiger partial charge in [-0.2, -0.15) is 0 Å². The molecule has 3 atom stereocenters. The van der Waals surface area contributed by atoms with Gasteiger partial charge in [-0.3, -0.25) is 14.5 Å². The summed E-state index contributed by atoms with van der Waals surface area (Å²) in [5.74, 6) is -0.721.